The maximum atomic E-state index is 12.3. The molecule has 1 aliphatic rings. The highest BCUT2D eigenvalue weighted by Gasteiger charge is 2.22. The minimum absolute atomic E-state index is 0. The summed E-state index contributed by atoms with van der Waals surface area (Å²) in [5, 5.41) is 14.3. The van der Waals surface area contributed by atoms with Gasteiger partial charge in [0.1, 0.15) is 5.51 Å². The fourth-order valence-electron chi connectivity index (χ4n) is 2.95. The molecule has 2 atom stereocenters. The van der Waals surface area contributed by atoms with Crippen LogP contribution in [0.1, 0.15) is 26.2 Å². The Kier molecular flexibility index (Phi) is 8.15. The zero-order valence-corrected chi connectivity index (χ0v) is 16.6. The van der Waals surface area contributed by atoms with E-state index in [0.717, 1.165) is 28.0 Å². The van der Waals surface area contributed by atoms with Crippen molar-refractivity contribution in [1.29, 1.82) is 0 Å². The van der Waals surface area contributed by atoms with E-state index in [1.165, 1.54) is 24.2 Å². The molecule has 2 heterocycles. The van der Waals surface area contributed by atoms with Crippen LogP contribution in [0.2, 0.25) is 0 Å². The number of amides is 1. The highest BCUT2D eigenvalue weighted by Crippen LogP contribution is 2.29. The SMILES string of the molecule is CC(CC(=O)Nc1ccc(Sc2nncs2)cc1)C1CCCNC1.Cl. The van der Waals surface area contributed by atoms with Gasteiger partial charge in [-0.3, -0.25) is 4.79 Å². The van der Waals surface area contributed by atoms with Gasteiger partial charge in [-0.2, -0.15) is 0 Å². The number of aromatic nitrogens is 2. The number of benzene rings is 1. The summed E-state index contributed by atoms with van der Waals surface area (Å²) in [4.78, 5) is 13.3. The van der Waals surface area contributed by atoms with Crippen molar-refractivity contribution in [2.45, 2.75) is 35.4 Å². The Morgan fingerprint density at radius 2 is 2.24 bits per heavy atom. The standard InChI is InChI=1S/C17H22N4OS2.ClH/c1-12(13-3-2-8-18-10-13)9-16(22)20-14-4-6-15(7-5-14)24-17-21-19-11-23-17;/h4-7,11-13,18H,2-3,8-10H2,1H3,(H,20,22);1H. The van der Waals surface area contributed by atoms with Gasteiger partial charge in [0.25, 0.3) is 0 Å². The molecule has 25 heavy (non-hydrogen) atoms. The summed E-state index contributed by atoms with van der Waals surface area (Å²) in [6.45, 7) is 4.32. The smallest absolute Gasteiger partial charge is 0.224 e. The fraction of sp³-hybridized carbons (Fsp3) is 0.471. The molecule has 1 fully saturated rings. The first kappa shape index (κ1) is 20.2. The van der Waals surface area contributed by atoms with E-state index in [2.05, 4.69) is 27.8 Å². The first-order valence-electron chi connectivity index (χ1n) is 8.25. The first-order valence-corrected chi connectivity index (χ1v) is 9.95. The van der Waals surface area contributed by atoms with E-state index in [-0.39, 0.29) is 18.3 Å². The van der Waals surface area contributed by atoms with Crippen LogP contribution in [0.3, 0.4) is 0 Å². The molecule has 0 saturated carbocycles. The molecule has 0 bridgehead atoms. The van der Waals surface area contributed by atoms with E-state index in [9.17, 15) is 4.79 Å². The number of nitrogens with one attached hydrogen (secondary N) is 2. The van der Waals surface area contributed by atoms with Crippen molar-refractivity contribution in [3.8, 4) is 0 Å². The van der Waals surface area contributed by atoms with Crippen molar-refractivity contribution >= 4 is 47.1 Å². The van der Waals surface area contributed by atoms with E-state index in [1.807, 2.05) is 24.3 Å². The second kappa shape index (κ2) is 10.1. The van der Waals surface area contributed by atoms with Gasteiger partial charge >= 0.3 is 0 Å². The van der Waals surface area contributed by atoms with Crippen molar-refractivity contribution in [2.24, 2.45) is 11.8 Å². The normalized spacial score (nSPS) is 18.2. The average molecular weight is 399 g/mol. The molecular weight excluding hydrogens is 376 g/mol. The van der Waals surface area contributed by atoms with Crippen LogP contribution in [0.4, 0.5) is 5.69 Å². The summed E-state index contributed by atoms with van der Waals surface area (Å²) in [6, 6.07) is 7.87. The molecule has 1 aromatic heterocycles. The highest BCUT2D eigenvalue weighted by molar-refractivity contribution is 8.01. The van der Waals surface area contributed by atoms with Crippen molar-refractivity contribution in [2.75, 3.05) is 18.4 Å². The van der Waals surface area contributed by atoms with Crippen molar-refractivity contribution in [3.63, 3.8) is 0 Å². The molecule has 1 saturated heterocycles. The highest BCUT2D eigenvalue weighted by atomic mass is 35.5. The van der Waals surface area contributed by atoms with Crippen molar-refractivity contribution < 1.29 is 4.79 Å². The Labute approximate surface area is 162 Å². The van der Waals surface area contributed by atoms with E-state index in [4.69, 9.17) is 0 Å². The lowest BCUT2D eigenvalue weighted by Crippen LogP contribution is -2.34. The van der Waals surface area contributed by atoms with Crippen LogP contribution in [0.15, 0.2) is 39.0 Å². The Balaban J connectivity index is 0.00000225. The molecule has 2 N–H and O–H groups in total. The summed E-state index contributed by atoms with van der Waals surface area (Å²) in [5.41, 5.74) is 2.57. The third-order valence-electron chi connectivity index (χ3n) is 4.33. The molecule has 1 aliphatic heterocycles. The lowest BCUT2D eigenvalue weighted by atomic mass is 9.85. The summed E-state index contributed by atoms with van der Waals surface area (Å²) < 4.78 is 0.918. The molecule has 1 aromatic carbocycles. The van der Waals surface area contributed by atoms with Gasteiger partial charge in [0.05, 0.1) is 0 Å². The Morgan fingerprint density at radius 3 is 2.88 bits per heavy atom. The third-order valence-corrected chi connectivity index (χ3v) is 6.12. The summed E-state index contributed by atoms with van der Waals surface area (Å²) in [5.74, 6) is 1.11. The number of nitrogens with zero attached hydrogens (tertiary/aromatic N) is 2. The maximum Gasteiger partial charge on any atom is 0.224 e. The van der Waals surface area contributed by atoms with Gasteiger partial charge in [-0.05, 0) is 62.0 Å². The van der Waals surface area contributed by atoms with Crippen LogP contribution in [0.25, 0.3) is 0 Å². The molecule has 0 radical (unpaired) electrons. The molecule has 2 aromatic rings. The molecule has 0 spiro atoms. The van der Waals surface area contributed by atoms with E-state index >= 15 is 0 Å². The number of anilines is 1. The van der Waals surface area contributed by atoms with Gasteiger partial charge < -0.3 is 10.6 Å². The fourth-order valence-corrected chi connectivity index (χ4v) is 4.40. The Hall–Kier alpha value is -1.15. The second-order valence-electron chi connectivity index (χ2n) is 6.17. The molecule has 0 aliphatic carbocycles. The molecular formula is C17H23ClN4OS2. The van der Waals surface area contributed by atoms with Crippen LogP contribution in [-0.4, -0.2) is 29.2 Å². The van der Waals surface area contributed by atoms with E-state index in [1.54, 1.807) is 17.3 Å². The van der Waals surface area contributed by atoms with Crippen molar-refractivity contribution in [1.82, 2.24) is 15.5 Å². The molecule has 3 rings (SSSR count). The lowest BCUT2D eigenvalue weighted by Gasteiger charge is -2.28. The van der Waals surface area contributed by atoms with E-state index in [0.29, 0.717) is 18.3 Å². The molecule has 1 amide bonds. The van der Waals surface area contributed by atoms with Gasteiger partial charge in [-0.15, -0.1) is 22.6 Å². The largest absolute Gasteiger partial charge is 0.326 e. The minimum atomic E-state index is 0. The second-order valence-corrected chi connectivity index (χ2v) is 8.32. The molecule has 136 valence electrons. The predicted molar refractivity (Wildman–Crippen MR) is 106 cm³/mol. The zero-order chi connectivity index (χ0) is 16.8. The van der Waals surface area contributed by atoms with Gasteiger partial charge in [0, 0.05) is 17.0 Å². The van der Waals surface area contributed by atoms with E-state index < -0.39 is 0 Å². The van der Waals surface area contributed by atoms with Crippen LogP contribution >= 0.6 is 35.5 Å². The summed E-state index contributed by atoms with van der Waals surface area (Å²) in [6.07, 6.45) is 3.01. The summed E-state index contributed by atoms with van der Waals surface area (Å²) in [7, 11) is 0. The number of carbonyl (C=O) groups excluding carboxylic acids is 1. The Morgan fingerprint density at radius 1 is 1.44 bits per heavy atom. The molecule has 8 heteroatoms. The van der Waals surface area contributed by atoms with Gasteiger partial charge in [0.15, 0.2) is 4.34 Å². The number of rotatable bonds is 6. The third kappa shape index (κ3) is 6.26. The topological polar surface area (TPSA) is 66.9 Å². The monoisotopic (exact) mass is 398 g/mol. The summed E-state index contributed by atoms with van der Waals surface area (Å²) >= 11 is 3.10. The lowest BCUT2D eigenvalue weighted by molar-refractivity contribution is -0.117. The minimum Gasteiger partial charge on any atom is -0.326 e. The van der Waals surface area contributed by atoms with Crippen LogP contribution in [0.5, 0.6) is 0 Å². The van der Waals surface area contributed by atoms with Crippen LogP contribution in [0, 0.1) is 11.8 Å². The van der Waals surface area contributed by atoms with Crippen LogP contribution < -0.4 is 10.6 Å². The first-order chi connectivity index (χ1) is 11.7. The van der Waals surface area contributed by atoms with Gasteiger partial charge in [-0.25, -0.2) is 0 Å². The van der Waals surface area contributed by atoms with Gasteiger partial charge in [0.2, 0.25) is 5.91 Å². The Bertz CT molecular complexity index is 645. The molecule has 5 nitrogen and oxygen atoms in total. The van der Waals surface area contributed by atoms with Gasteiger partial charge in [-0.1, -0.05) is 30.0 Å². The number of piperidine rings is 1. The zero-order valence-electron chi connectivity index (χ0n) is 14.1. The number of hydrogen-bond acceptors (Lipinski definition) is 6. The average Bonchev–Trinajstić information content (AvgIpc) is 3.10. The van der Waals surface area contributed by atoms with Crippen LogP contribution in [-0.2, 0) is 4.79 Å². The number of carbonyl (C=O) groups is 1. The number of halogens is 1. The quantitative estimate of drug-likeness (QED) is 0.767. The maximum absolute atomic E-state index is 12.3. The molecule has 2 unspecified atom stereocenters. The predicted octanol–water partition coefficient (Wildman–Crippen LogP) is 4.08. The number of hydrogen-bond donors (Lipinski definition) is 2. The van der Waals surface area contributed by atoms with Crippen molar-refractivity contribution in [3.05, 3.63) is 29.8 Å².